The molecule has 0 atom stereocenters. The number of aromatic amines is 1. The Bertz CT molecular complexity index is 500. The fourth-order valence-electron chi connectivity index (χ4n) is 2.29. The first-order valence-electron chi connectivity index (χ1n) is 6.82. The molecule has 0 aromatic carbocycles. The number of ketones is 1. The summed E-state index contributed by atoms with van der Waals surface area (Å²) in [6.07, 6.45) is 9.66. The average molecular weight is 260 g/mol. The van der Waals surface area contributed by atoms with Crippen LogP contribution in [0.5, 0.6) is 0 Å². The second kappa shape index (κ2) is 6.36. The van der Waals surface area contributed by atoms with Crippen molar-refractivity contribution in [2.24, 2.45) is 0 Å². The maximum atomic E-state index is 11.8. The Kier molecular flexibility index (Phi) is 4.55. The van der Waals surface area contributed by atoms with E-state index in [2.05, 4.69) is 16.4 Å². The first-order valence-corrected chi connectivity index (χ1v) is 6.82. The molecule has 1 amide bonds. The van der Waals surface area contributed by atoms with Crippen LogP contribution in [0.2, 0.25) is 0 Å². The minimum absolute atomic E-state index is 0.0392. The van der Waals surface area contributed by atoms with Crippen molar-refractivity contribution < 1.29 is 9.59 Å². The highest BCUT2D eigenvalue weighted by Gasteiger charge is 2.10. The highest BCUT2D eigenvalue weighted by atomic mass is 16.2. The van der Waals surface area contributed by atoms with Crippen LogP contribution in [0.15, 0.2) is 23.9 Å². The number of carbonyl (C=O) groups excluding carboxylic acids is 2. The zero-order chi connectivity index (χ0) is 13.7. The zero-order valence-electron chi connectivity index (χ0n) is 11.3. The molecule has 1 aromatic rings. The Morgan fingerprint density at radius 3 is 2.84 bits per heavy atom. The number of aromatic nitrogens is 1. The van der Waals surface area contributed by atoms with Crippen LogP contribution in [-0.2, 0) is 0 Å². The fraction of sp³-hybridized carbons (Fsp3) is 0.467. The van der Waals surface area contributed by atoms with Gasteiger partial charge in [-0.25, -0.2) is 0 Å². The number of nitrogens with one attached hydrogen (secondary N) is 2. The van der Waals surface area contributed by atoms with Gasteiger partial charge in [0.1, 0.15) is 5.69 Å². The summed E-state index contributed by atoms with van der Waals surface area (Å²) in [6.45, 7) is 2.14. The summed E-state index contributed by atoms with van der Waals surface area (Å²) in [4.78, 5) is 25.8. The SMILES string of the molecule is CC(=O)c1c[nH]c(C(=O)NCCC2=CCCCC2)c1. The smallest absolute Gasteiger partial charge is 0.267 e. The lowest BCUT2D eigenvalue weighted by Gasteiger charge is -2.12. The van der Waals surface area contributed by atoms with Crippen LogP contribution in [0.3, 0.4) is 0 Å². The molecule has 0 saturated carbocycles. The molecule has 0 bridgehead atoms. The van der Waals surface area contributed by atoms with Gasteiger partial charge in [0, 0.05) is 18.3 Å². The molecule has 0 aliphatic heterocycles. The Morgan fingerprint density at radius 1 is 1.37 bits per heavy atom. The summed E-state index contributed by atoms with van der Waals surface area (Å²) in [5.74, 6) is -0.188. The number of H-pyrrole nitrogens is 1. The number of hydrogen-bond acceptors (Lipinski definition) is 2. The Morgan fingerprint density at radius 2 is 2.21 bits per heavy atom. The highest BCUT2D eigenvalue weighted by molar-refractivity contribution is 5.99. The quantitative estimate of drug-likeness (QED) is 0.631. The Balaban J connectivity index is 1.80. The molecule has 1 aliphatic carbocycles. The summed E-state index contributed by atoms with van der Waals surface area (Å²) < 4.78 is 0. The summed E-state index contributed by atoms with van der Waals surface area (Å²) in [5.41, 5.74) is 2.44. The highest BCUT2D eigenvalue weighted by Crippen LogP contribution is 2.19. The van der Waals surface area contributed by atoms with Crippen molar-refractivity contribution in [3.63, 3.8) is 0 Å². The van der Waals surface area contributed by atoms with Crippen LogP contribution in [0.1, 0.15) is 59.9 Å². The molecule has 4 nitrogen and oxygen atoms in total. The Labute approximate surface area is 113 Å². The van der Waals surface area contributed by atoms with E-state index in [1.54, 1.807) is 12.3 Å². The van der Waals surface area contributed by atoms with Crippen molar-refractivity contribution in [3.8, 4) is 0 Å². The molecular weight excluding hydrogens is 240 g/mol. The van der Waals surface area contributed by atoms with Gasteiger partial charge in [0.15, 0.2) is 5.78 Å². The maximum absolute atomic E-state index is 11.8. The molecule has 0 unspecified atom stereocenters. The van der Waals surface area contributed by atoms with Gasteiger partial charge in [-0.3, -0.25) is 9.59 Å². The third-order valence-electron chi connectivity index (χ3n) is 3.45. The topological polar surface area (TPSA) is 62.0 Å². The third-order valence-corrected chi connectivity index (χ3v) is 3.45. The lowest BCUT2D eigenvalue weighted by molar-refractivity contribution is 0.0949. The molecule has 2 N–H and O–H groups in total. The molecule has 1 aromatic heterocycles. The van der Waals surface area contributed by atoms with Gasteiger partial charge in [-0.1, -0.05) is 11.6 Å². The van der Waals surface area contributed by atoms with Crippen LogP contribution in [0.4, 0.5) is 0 Å². The largest absolute Gasteiger partial charge is 0.356 e. The van der Waals surface area contributed by atoms with Crippen molar-refractivity contribution in [2.45, 2.75) is 39.0 Å². The van der Waals surface area contributed by atoms with Gasteiger partial charge in [-0.05, 0) is 45.1 Å². The third kappa shape index (κ3) is 3.81. The molecule has 1 heterocycles. The minimum atomic E-state index is -0.149. The van der Waals surface area contributed by atoms with Crippen molar-refractivity contribution >= 4 is 11.7 Å². The summed E-state index contributed by atoms with van der Waals surface area (Å²) in [5, 5.41) is 2.88. The van der Waals surface area contributed by atoms with Crippen LogP contribution in [0, 0.1) is 0 Å². The van der Waals surface area contributed by atoms with Crippen molar-refractivity contribution in [3.05, 3.63) is 35.2 Å². The number of allylic oxidation sites excluding steroid dienone is 1. The van der Waals surface area contributed by atoms with E-state index < -0.39 is 0 Å². The predicted octanol–water partition coefficient (Wildman–Crippen LogP) is 2.84. The fourth-order valence-corrected chi connectivity index (χ4v) is 2.29. The van der Waals surface area contributed by atoms with Gasteiger partial charge in [-0.2, -0.15) is 0 Å². The molecule has 102 valence electrons. The summed E-state index contributed by atoms with van der Waals surface area (Å²) in [7, 11) is 0. The molecule has 19 heavy (non-hydrogen) atoms. The van der Waals surface area contributed by atoms with E-state index in [-0.39, 0.29) is 11.7 Å². The van der Waals surface area contributed by atoms with Crippen LogP contribution >= 0.6 is 0 Å². The van der Waals surface area contributed by atoms with E-state index in [0.717, 1.165) is 12.8 Å². The molecule has 1 aliphatic rings. The van der Waals surface area contributed by atoms with Gasteiger partial charge in [0.2, 0.25) is 0 Å². The van der Waals surface area contributed by atoms with Gasteiger partial charge >= 0.3 is 0 Å². The van der Waals surface area contributed by atoms with E-state index in [0.29, 0.717) is 17.8 Å². The van der Waals surface area contributed by atoms with Crippen LogP contribution in [0.25, 0.3) is 0 Å². The monoisotopic (exact) mass is 260 g/mol. The van der Waals surface area contributed by atoms with Crippen molar-refractivity contribution in [2.75, 3.05) is 6.54 Å². The lowest BCUT2D eigenvalue weighted by Crippen LogP contribution is -2.25. The number of rotatable bonds is 5. The standard InChI is InChI=1S/C15H20N2O2/c1-11(18)13-9-14(17-10-13)15(19)16-8-7-12-5-3-2-4-6-12/h5,9-10,17H,2-4,6-8H2,1H3,(H,16,19). The van der Waals surface area contributed by atoms with Crippen molar-refractivity contribution in [1.29, 1.82) is 0 Å². The van der Waals surface area contributed by atoms with Gasteiger partial charge in [-0.15, -0.1) is 0 Å². The van der Waals surface area contributed by atoms with Crippen molar-refractivity contribution in [1.82, 2.24) is 10.3 Å². The normalized spacial score (nSPS) is 14.9. The maximum Gasteiger partial charge on any atom is 0.267 e. The predicted molar refractivity (Wildman–Crippen MR) is 74.3 cm³/mol. The minimum Gasteiger partial charge on any atom is -0.356 e. The molecule has 4 heteroatoms. The second-order valence-electron chi connectivity index (χ2n) is 4.97. The van der Waals surface area contributed by atoms with E-state index in [4.69, 9.17) is 0 Å². The van der Waals surface area contributed by atoms with E-state index in [1.165, 1.54) is 31.8 Å². The van der Waals surface area contributed by atoms with Gasteiger partial charge < -0.3 is 10.3 Å². The summed E-state index contributed by atoms with van der Waals surface area (Å²) >= 11 is 0. The van der Waals surface area contributed by atoms with Gasteiger partial charge in [0.05, 0.1) is 0 Å². The molecule has 0 saturated heterocycles. The average Bonchev–Trinajstić information content (AvgIpc) is 2.89. The number of hydrogen-bond donors (Lipinski definition) is 2. The first-order chi connectivity index (χ1) is 9.16. The molecule has 0 spiro atoms. The van der Waals surface area contributed by atoms with Crippen LogP contribution in [-0.4, -0.2) is 23.2 Å². The number of carbonyl (C=O) groups is 2. The van der Waals surface area contributed by atoms with Gasteiger partial charge in [0.25, 0.3) is 5.91 Å². The van der Waals surface area contributed by atoms with E-state index in [1.807, 2.05) is 0 Å². The van der Waals surface area contributed by atoms with E-state index in [9.17, 15) is 9.59 Å². The molecular formula is C15H20N2O2. The molecule has 2 rings (SSSR count). The Hall–Kier alpha value is -1.84. The number of Topliss-reactive ketones (excluding diaryl/α,β-unsaturated/α-hetero) is 1. The first kappa shape index (κ1) is 13.6. The van der Waals surface area contributed by atoms with E-state index >= 15 is 0 Å². The van der Waals surface area contributed by atoms with Crippen LogP contribution < -0.4 is 5.32 Å². The number of amides is 1. The molecule has 0 radical (unpaired) electrons. The molecule has 0 fully saturated rings. The second-order valence-corrected chi connectivity index (χ2v) is 4.97. The lowest BCUT2D eigenvalue weighted by atomic mass is 9.97. The zero-order valence-corrected chi connectivity index (χ0v) is 11.3. The summed E-state index contributed by atoms with van der Waals surface area (Å²) in [6, 6.07) is 1.59.